The Labute approximate surface area is 125 Å². The predicted molar refractivity (Wildman–Crippen MR) is 73.6 cm³/mol. The zero-order valence-electron chi connectivity index (χ0n) is 11.8. The first-order valence-corrected chi connectivity index (χ1v) is 7.25. The molecule has 0 aliphatic rings. The lowest BCUT2D eigenvalue weighted by Gasteiger charge is -1.99. The molecular formula is C11H16N6O3S. The highest BCUT2D eigenvalue weighted by molar-refractivity contribution is 7.99. The molecule has 0 aliphatic heterocycles. The van der Waals surface area contributed by atoms with E-state index in [4.69, 9.17) is 9.26 Å². The van der Waals surface area contributed by atoms with Gasteiger partial charge in [-0.05, 0) is 6.92 Å². The zero-order chi connectivity index (χ0) is 15.1. The third-order valence-corrected chi connectivity index (χ3v) is 3.23. The van der Waals surface area contributed by atoms with Gasteiger partial charge >= 0.3 is 0 Å². The number of aryl methyl sites for hydroxylation is 1. The fraction of sp³-hybridized carbons (Fsp3) is 0.545. The molecule has 0 atom stereocenters. The summed E-state index contributed by atoms with van der Waals surface area (Å²) < 4.78 is 9.92. The molecule has 2 rings (SSSR count). The van der Waals surface area contributed by atoms with Gasteiger partial charge in [-0.1, -0.05) is 16.9 Å². The summed E-state index contributed by atoms with van der Waals surface area (Å²) in [5.74, 6) is 1.73. The molecule has 9 nitrogen and oxygen atoms in total. The maximum Gasteiger partial charge on any atom is 0.230 e. The minimum absolute atomic E-state index is 0.148. The predicted octanol–water partition coefficient (Wildman–Crippen LogP) is 0.0935. The molecule has 0 fully saturated rings. The van der Waals surface area contributed by atoms with E-state index in [2.05, 4.69) is 30.6 Å². The van der Waals surface area contributed by atoms with Crippen molar-refractivity contribution in [2.75, 3.05) is 19.5 Å². The number of nitrogens with one attached hydrogen (secondary N) is 2. The second kappa shape index (κ2) is 7.74. The largest absolute Gasteiger partial charge is 0.384 e. The average Bonchev–Trinajstić information content (AvgIpc) is 3.09. The van der Waals surface area contributed by atoms with Crippen LogP contribution in [-0.4, -0.2) is 50.7 Å². The van der Waals surface area contributed by atoms with E-state index in [0.29, 0.717) is 35.7 Å². The van der Waals surface area contributed by atoms with Crippen molar-refractivity contribution in [3.05, 3.63) is 17.5 Å². The molecule has 21 heavy (non-hydrogen) atoms. The fourth-order valence-electron chi connectivity index (χ4n) is 1.40. The lowest BCUT2D eigenvalue weighted by Crippen LogP contribution is -2.25. The molecule has 2 aromatic heterocycles. The molecule has 10 heteroatoms. The molecule has 1 amide bonds. The van der Waals surface area contributed by atoms with Crippen LogP contribution in [0.15, 0.2) is 9.68 Å². The fourth-order valence-corrected chi connectivity index (χ4v) is 2.07. The van der Waals surface area contributed by atoms with E-state index < -0.39 is 0 Å². The first kappa shape index (κ1) is 15.4. The van der Waals surface area contributed by atoms with Crippen LogP contribution in [0.5, 0.6) is 0 Å². The molecule has 2 aromatic rings. The van der Waals surface area contributed by atoms with Crippen LogP contribution in [0.4, 0.5) is 0 Å². The number of rotatable bonds is 8. The zero-order valence-corrected chi connectivity index (χ0v) is 12.6. The van der Waals surface area contributed by atoms with Gasteiger partial charge in [0.1, 0.15) is 5.82 Å². The summed E-state index contributed by atoms with van der Waals surface area (Å²) in [6, 6.07) is 0. The summed E-state index contributed by atoms with van der Waals surface area (Å²) in [6.07, 6.45) is 0.553. The minimum atomic E-state index is -0.148. The Hall–Kier alpha value is -1.94. The molecule has 2 N–H and O–H groups in total. The maximum atomic E-state index is 11.7. The van der Waals surface area contributed by atoms with Crippen LogP contribution in [0, 0.1) is 6.92 Å². The Morgan fingerprint density at radius 2 is 2.33 bits per heavy atom. The highest BCUT2D eigenvalue weighted by atomic mass is 32.2. The van der Waals surface area contributed by atoms with Crippen LogP contribution in [-0.2, 0) is 22.5 Å². The van der Waals surface area contributed by atoms with Crippen LogP contribution in [0.2, 0.25) is 0 Å². The summed E-state index contributed by atoms with van der Waals surface area (Å²) in [4.78, 5) is 19.9. The number of H-pyrrole nitrogens is 1. The number of hydrogen-bond acceptors (Lipinski definition) is 8. The first-order chi connectivity index (χ1) is 10.2. The van der Waals surface area contributed by atoms with Gasteiger partial charge in [-0.25, -0.2) is 4.98 Å². The topological polar surface area (TPSA) is 119 Å². The van der Waals surface area contributed by atoms with E-state index in [1.807, 2.05) is 0 Å². The van der Waals surface area contributed by atoms with Crippen molar-refractivity contribution in [1.29, 1.82) is 0 Å². The molecule has 0 saturated heterocycles. The maximum absolute atomic E-state index is 11.7. The van der Waals surface area contributed by atoms with Crippen molar-refractivity contribution >= 4 is 17.7 Å². The van der Waals surface area contributed by atoms with Crippen molar-refractivity contribution in [1.82, 2.24) is 30.6 Å². The second-order valence-electron chi connectivity index (χ2n) is 4.12. The summed E-state index contributed by atoms with van der Waals surface area (Å²) >= 11 is 1.25. The highest BCUT2D eigenvalue weighted by Crippen LogP contribution is 2.11. The third-order valence-electron chi connectivity index (χ3n) is 2.38. The van der Waals surface area contributed by atoms with Crippen LogP contribution in [0.1, 0.15) is 17.5 Å². The van der Waals surface area contributed by atoms with Gasteiger partial charge in [-0.15, -0.1) is 5.10 Å². The second-order valence-corrected chi connectivity index (χ2v) is 5.06. The highest BCUT2D eigenvalue weighted by Gasteiger charge is 2.09. The number of nitrogens with zero attached hydrogens (tertiary/aromatic N) is 4. The molecule has 0 spiro atoms. The lowest BCUT2D eigenvalue weighted by atomic mass is 10.4. The number of aromatic amines is 1. The van der Waals surface area contributed by atoms with E-state index in [0.717, 1.165) is 0 Å². The smallest absolute Gasteiger partial charge is 0.230 e. The van der Waals surface area contributed by atoms with E-state index in [-0.39, 0.29) is 18.2 Å². The van der Waals surface area contributed by atoms with Crippen molar-refractivity contribution in [2.24, 2.45) is 0 Å². The summed E-state index contributed by atoms with van der Waals surface area (Å²) in [6.45, 7) is 2.54. The van der Waals surface area contributed by atoms with Crippen molar-refractivity contribution in [3.63, 3.8) is 0 Å². The first-order valence-electron chi connectivity index (χ1n) is 6.26. The number of amides is 1. The van der Waals surface area contributed by atoms with Crippen molar-refractivity contribution < 1.29 is 14.1 Å². The minimum Gasteiger partial charge on any atom is -0.384 e. The van der Waals surface area contributed by atoms with Crippen molar-refractivity contribution in [3.8, 4) is 0 Å². The Morgan fingerprint density at radius 1 is 1.48 bits per heavy atom. The van der Waals surface area contributed by atoms with Crippen LogP contribution in [0.3, 0.4) is 0 Å². The van der Waals surface area contributed by atoms with Gasteiger partial charge in [0, 0.05) is 7.11 Å². The summed E-state index contributed by atoms with van der Waals surface area (Å²) in [5, 5.41) is 13.7. The van der Waals surface area contributed by atoms with E-state index in [1.54, 1.807) is 14.0 Å². The van der Waals surface area contributed by atoms with E-state index in [9.17, 15) is 4.79 Å². The SMILES string of the molecule is COCCc1nc(CNC(=O)CSc2n[nH]c(C)n2)no1. The quantitative estimate of drug-likeness (QED) is 0.658. The summed E-state index contributed by atoms with van der Waals surface area (Å²) in [5.41, 5.74) is 0. The standard InChI is InChI=1S/C11H16N6O3S/c1-7-13-11(16-15-7)21-6-9(18)12-5-8-14-10(20-17-8)3-4-19-2/h3-6H2,1-2H3,(H,12,18)(H,13,15,16). The van der Waals surface area contributed by atoms with Gasteiger partial charge in [0.25, 0.3) is 0 Å². The number of carbonyl (C=O) groups is 1. The van der Waals surface area contributed by atoms with Gasteiger partial charge in [0.2, 0.25) is 17.0 Å². The number of ether oxygens (including phenoxy) is 1. The summed E-state index contributed by atoms with van der Waals surface area (Å²) in [7, 11) is 1.60. The molecule has 114 valence electrons. The van der Waals surface area contributed by atoms with Gasteiger partial charge in [0.05, 0.1) is 25.3 Å². The molecule has 0 unspecified atom stereocenters. The monoisotopic (exact) mass is 312 g/mol. The average molecular weight is 312 g/mol. The van der Waals surface area contributed by atoms with E-state index in [1.165, 1.54) is 11.8 Å². The van der Waals surface area contributed by atoms with Crippen LogP contribution >= 0.6 is 11.8 Å². The number of hydrogen-bond donors (Lipinski definition) is 2. The number of aromatic nitrogens is 5. The molecular weight excluding hydrogens is 296 g/mol. The Morgan fingerprint density at radius 3 is 3.05 bits per heavy atom. The van der Waals surface area contributed by atoms with E-state index >= 15 is 0 Å². The van der Waals surface area contributed by atoms with Gasteiger partial charge in [0.15, 0.2) is 5.82 Å². The third kappa shape index (κ3) is 5.16. The van der Waals surface area contributed by atoms with Gasteiger partial charge < -0.3 is 14.6 Å². The van der Waals surface area contributed by atoms with Crippen LogP contribution < -0.4 is 5.32 Å². The van der Waals surface area contributed by atoms with Gasteiger partial charge in [-0.3, -0.25) is 9.89 Å². The number of carbonyl (C=O) groups excluding carboxylic acids is 1. The molecule has 0 aliphatic carbocycles. The number of methoxy groups -OCH3 is 1. The molecule has 0 radical (unpaired) electrons. The Balaban J connectivity index is 1.69. The van der Waals surface area contributed by atoms with Crippen LogP contribution in [0.25, 0.3) is 0 Å². The molecule has 0 aromatic carbocycles. The molecule has 0 bridgehead atoms. The number of thioether (sulfide) groups is 1. The van der Waals surface area contributed by atoms with Gasteiger partial charge in [-0.2, -0.15) is 4.98 Å². The normalized spacial score (nSPS) is 10.8. The Bertz CT molecular complexity index is 584. The lowest BCUT2D eigenvalue weighted by molar-refractivity contribution is -0.118. The van der Waals surface area contributed by atoms with Crippen molar-refractivity contribution in [2.45, 2.75) is 25.0 Å². The molecule has 0 saturated carbocycles. The molecule has 2 heterocycles. The Kier molecular flexibility index (Phi) is 5.69.